The van der Waals surface area contributed by atoms with Crippen LogP contribution in [-0.2, 0) is 6.54 Å². The fraction of sp³-hybridized carbons (Fsp3) is 0.312. The van der Waals surface area contributed by atoms with Crippen LogP contribution in [0.2, 0.25) is 0 Å². The Morgan fingerprint density at radius 2 is 1.86 bits per heavy atom. The van der Waals surface area contributed by atoms with Crippen LogP contribution >= 0.6 is 0 Å². The van der Waals surface area contributed by atoms with E-state index in [9.17, 15) is 9.59 Å². The lowest BCUT2D eigenvalue weighted by Gasteiger charge is -2.20. The molecule has 0 spiro atoms. The maximum Gasteiger partial charge on any atom is 0.269 e. The summed E-state index contributed by atoms with van der Waals surface area (Å²) >= 11 is 0. The van der Waals surface area contributed by atoms with Crippen LogP contribution in [0.3, 0.4) is 0 Å². The molecule has 0 fully saturated rings. The highest BCUT2D eigenvalue weighted by Gasteiger charge is 2.10. The van der Waals surface area contributed by atoms with Gasteiger partial charge in [0.15, 0.2) is 5.78 Å². The first-order valence-electron chi connectivity index (χ1n) is 7.06. The predicted molar refractivity (Wildman–Crippen MR) is 82.8 cm³/mol. The third kappa shape index (κ3) is 3.56. The molecule has 0 unspecified atom stereocenters. The van der Waals surface area contributed by atoms with Gasteiger partial charge in [-0.3, -0.25) is 9.59 Å². The first-order chi connectivity index (χ1) is 10.2. The van der Waals surface area contributed by atoms with E-state index in [0.29, 0.717) is 5.56 Å². The number of aromatic nitrogens is 2. The van der Waals surface area contributed by atoms with Crippen molar-refractivity contribution in [1.29, 1.82) is 0 Å². The smallest absolute Gasteiger partial charge is 0.269 e. The molecule has 5 heteroatoms. The molecule has 0 aliphatic heterocycles. The van der Waals surface area contributed by atoms with Crippen LogP contribution in [0.5, 0.6) is 0 Å². The average Bonchev–Trinajstić information content (AvgIpc) is 2.52. The highest BCUT2D eigenvalue weighted by atomic mass is 16.1. The highest BCUT2D eigenvalue weighted by Crippen LogP contribution is 2.08. The van der Waals surface area contributed by atoms with Crippen molar-refractivity contribution < 1.29 is 4.79 Å². The zero-order valence-electron chi connectivity index (χ0n) is 12.3. The molecule has 1 aromatic carbocycles. The van der Waals surface area contributed by atoms with E-state index in [0.717, 1.165) is 18.8 Å². The number of rotatable bonds is 6. The van der Waals surface area contributed by atoms with Crippen molar-refractivity contribution in [1.82, 2.24) is 9.78 Å². The Morgan fingerprint density at radius 3 is 2.43 bits per heavy atom. The minimum absolute atomic E-state index is 0.0403. The van der Waals surface area contributed by atoms with Crippen LogP contribution in [0.1, 0.15) is 24.2 Å². The van der Waals surface area contributed by atoms with Gasteiger partial charge in [-0.25, -0.2) is 4.68 Å². The van der Waals surface area contributed by atoms with E-state index >= 15 is 0 Å². The fourth-order valence-corrected chi connectivity index (χ4v) is 2.16. The molecule has 0 aliphatic carbocycles. The zero-order chi connectivity index (χ0) is 15.2. The molecular weight excluding hydrogens is 266 g/mol. The van der Waals surface area contributed by atoms with Gasteiger partial charge in [0.05, 0.1) is 11.9 Å². The van der Waals surface area contributed by atoms with Crippen molar-refractivity contribution in [2.24, 2.45) is 0 Å². The second-order valence-corrected chi connectivity index (χ2v) is 4.67. The molecule has 0 saturated carbocycles. The van der Waals surface area contributed by atoms with Crippen LogP contribution in [0.25, 0.3) is 0 Å². The fourth-order valence-electron chi connectivity index (χ4n) is 2.16. The SMILES string of the molecule is CCN(CC)c1cnn(CC(=O)c2ccccc2)c(=O)c1. The summed E-state index contributed by atoms with van der Waals surface area (Å²) in [6.45, 7) is 5.62. The van der Waals surface area contributed by atoms with Crippen LogP contribution in [0.4, 0.5) is 5.69 Å². The lowest BCUT2D eigenvalue weighted by Crippen LogP contribution is -2.29. The van der Waals surface area contributed by atoms with E-state index < -0.39 is 0 Å². The number of hydrogen-bond donors (Lipinski definition) is 0. The van der Waals surface area contributed by atoms with Gasteiger partial charge in [0.2, 0.25) is 0 Å². The van der Waals surface area contributed by atoms with Crippen LogP contribution < -0.4 is 10.5 Å². The molecule has 1 aromatic heterocycles. The highest BCUT2D eigenvalue weighted by molar-refractivity contribution is 5.95. The Hall–Kier alpha value is -2.43. The molecule has 110 valence electrons. The molecule has 0 N–H and O–H groups in total. The lowest BCUT2D eigenvalue weighted by atomic mass is 10.1. The van der Waals surface area contributed by atoms with E-state index in [-0.39, 0.29) is 17.9 Å². The third-order valence-electron chi connectivity index (χ3n) is 3.37. The van der Waals surface area contributed by atoms with Gasteiger partial charge in [-0.15, -0.1) is 0 Å². The molecule has 5 nitrogen and oxygen atoms in total. The first kappa shape index (κ1) is 15.0. The molecule has 2 rings (SSSR count). The average molecular weight is 285 g/mol. The monoisotopic (exact) mass is 285 g/mol. The molecule has 2 aromatic rings. The Labute approximate surface area is 123 Å². The van der Waals surface area contributed by atoms with Crippen molar-refractivity contribution in [2.75, 3.05) is 18.0 Å². The molecule has 0 radical (unpaired) electrons. The Bertz CT molecular complexity index is 661. The van der Waals surface area contributed by atoms with E-state index in [4.69, 9.17) is 0 Å². The van der Waals surface area contributed by atoms with Crippen molar-refractivity contribution in [3.05, 3.63) is 58.5 Å². The van der Waals surface area contributed by atoms with Gasteiger partial charge >= 0.3 is 0 Å². The standard InChI is InChI=1S/C16H19N3O2/c1-3-18(4-2)14-10-16(21)19(17-11-14)12-15(20)13-8-6-5-7-9-13/h5-11H,3-4,12H2,1-2H3. The Kier molecular flexibility index (Phi) is 4.87. The predicted octanol–water partition coefficient (Wildman–Crippen LogP) is 1.97. The molecular formula is C16H19N3O2. The Morgan fingerprint density at radius 1 is 1.19 bits per heavy atom. The number of ketones is 1. The van der Waals surface area contributed by atoms with Crippen molar-refractivity contribution in [3.8, 4) is 0 Å². The summed E-state index contributed by atoms with van der Waals surface area (Å²) in [7, 11) is 0. The molecule has 0 atom stereocenters. The van der Waals surface area contributed by atoms with Gasteiger partial charge in [0.25, 0.3) is 5.56 Å². The van der Waals surface area contributed by atoms with Crippen LogP contribution in [-0.4, -0.2) is 28.7 Å². The van der Waals surface area contributed by atoms with Crippen LogP contribution in [0, 0.1) is 0 Å². The number of nitrogens with zero attached hydrogens (tertiary/aromatic N) is 3. The van der Waals surface area contributed by atoms with Crippen LogP contribution in [0.15, 0.2) is 47.4 Å². The van der Waals surface area contributed by atoms with E-state index in [1.807, 2.05) is 24.8 Å². The molecule has 0 amide bonds. The minimum Gasteiger partial charge on any atom is -0.371 e. The lowest BCUT2D eigenvalue weighted by molar-refractivity contribution is 0.0965. The number of carbonyl (C=O) groups excluding carboxylic acids is 1. The summed E-state index contributed by atoms with van der Waals surface area (Å²) < 4.78 is 1.20. The second kappa shape index (κ2) is 6.83. The van der Waals surface area contributed by atoms with E-state index in [1.165, 1.54) is 10.7 Å². The van der Waals surface area contributed by atoms with E-state index in [1.54, 1.807) is 30.5 Å². The van der Waals surface area contributed by atoms with Gasteiger partial charge in [0, 0.05) is 24.7 Å². The number of hydrogen-bond acceptors (Lipinski definition) is 4. The second-order valence-electron chi connectivity index (χ2n) is 4.67. The molecule has 0 aliphatic rings. The van der Waals surface area contributed by atoms with Gasteiger partial charge in [-0.1, -0.05) is 30.3 Å². The first-order valence-corrected chi connectivity index (χ1v) is 7.06. The van der Waals surface area contributed by atoms with Gasteiger partial charge in [-0.05, 0) is 13.8 Å². The van der Waals surface area contributed by atoms with Gasteiger partial charge in [-0.2, -0.15) is 5.10 Å². The van der Waals surface area contributed by atoms with Gasteiger partial charge < -0.3 is 4.90 Å². The number of Topliss-reactive ketones (excluding diaryl/α,β-unsaturated/α-hetero) is 1. The van der Waals surface area contributed by atoms with E-state index in [2.05, 4.69) is 5.10 Å². The third-order valence-corrected chi connectivity index (χ3v) is 3.37. The number of anilines is 1. The maximum atomic E-state index is 12.1. The summed E-state index contributed by atoms with van der Waals surface area (Å²) in [6.07, 6.45) is 1.63. The summed E-state index contributed by atoms with van der Waals surface area (Å²) in [6, 6.07) is 10.4. The van der Waals surface area contributed by atoms with Crippen molar-refractivity contribution >= 4 is 11.5 Å². The summed E-state index contributed by atoms with van der Waals surface area (Å²) in [4.78, 5) is 26.2. The summed E-state index contributed by atoms with van der Waals surface area (Å²) in [5, 5.41) is 4.10. The normalized spacial score (nSPS) is 10.4. The van der Waals surface area contributed by atoms with Gasteiger partial charge in [0.1, 0.15) is 6.54 Å². The summed E-state index contributed by atoms with van der Waals surface area (Å²) in [5.41, 5.74) is 1.11. The molecule has 21 heavy (non-hydrogen) atoms. The quantitative estimate of drug-likeness (QED) is 0.761. The van der Waals surface area contributed by atoms with Crippen molar-refractivity contribution in [2.45, 2.75) is 20.4 Å². The molecule has 1 heterocycles. The maximum absolute atomic E-state index is 12.1. The largest absolute Gasteiger partial charge is 0.371 e. The minimum atomic E-state index is -0.260. The number of carbonyl (C=O) groups is 1. The topological polar surface area (TPSA) is 55.2 Å². The molecule has 0 saturated heterocycles. The Balaban J connectivity index is 2.19. The summed E-state index contributed by atoms with van der Waals surface area (Å²) in [5.74, 6) is -0.124. The van der Waals surface area contributed by atoms with Crippen molar-refractivity contribution in [3.63, 3.8) is 0 Å². The number of benzene rings is 1. The zero-order valence-corrected chi connectivity index (χ0v) is 12.3. The molecule has 0 bridgehead atoms.